The summed E-state index contributed by atoms with van der Waals surface area (Å²) in [6.07, 6.45) is 0.752. The van der Waals surface area contributed by atoms with Crippen molar-refractivity contribution in [1.82, 2.24) is 10.2 Å². The van der Waals surface area contributed by atoms with Gasteiger partial charge in [0.25, 0.3) is 0 Å². The molecule has 0 aliphatic rings. The Hall–Kier alpha value is -2.28. The van der Waals surface area contributed by atoms with Crippen molar-refractivity contribution in [2.75, 3.05) is 5.75 Å². The minimum absolute atomic E-state index is 0.0542. The molecule has 0 bridgehead atoms. The van der Waals surface area contributed by atoms with Crippen LogP contribution >= 0.6 is 39.3 Å². The summed E-state index contributed by atoms with van der Waals surface area (Å²) in [5.41, 5.74) is 1.56. The lowest BCUT2D eigenvalue weighted by molar-refractivity contribution is -0.141. The van der Waals surface area contributed by atoms with Crippen molar-refractivity contribution in [3.8, 4) is 0 Å². The van der Waals surface area contributed by atoms with Crippen LogP contribution in [0.4, 0.5) is 0 Å². The smallest absolute Gasteiger partial charge is 0.243 e. The molecule has 1 atom stereocenters. The predicted molar refractivity (Wildman–Crippen MR) is 153 cm³/mol. The largest absolute Gasteiger partial charge is 0.350 e. The fraction of sp³-hybridized carbons (Fsp3) is 0.310. The maximum Gasteiger partial charge on any atom is 0.243 e. The Kier molecular flexibility index (Phi) is 10.5. The van der Waals surface area contributed by atoms with Crippen LogP contribution in [0.2, 0.25) is 5.02 Å². The third-order valence-electron chi connectivity index (χ3n) is 5.41. The van der Waals surface area contributed by atoms with Crippen molar-refractivity contribution in [1.29, 1.82) is 0 Å². The molecule has 3 rings (SSSR count). The summed E-state index contributed by atoms with van der Waals surface area (Å²) >= 11 is 11.1. The standard InChI is InChI=1S/C29H32BrClN2O2S/c1-29(2,3)32-28(35)26(19-21-8-5-4-6-9-21)33(20-22-10-7-11-23(30)18-22)27(34)16-17-36-25-14-12-24(31)13-15-25/h4-15,18,26H,16-17,19-20H2,1-3H3,(H,32,35)/t26-/m1/s1. The van der Waals surface area contributed by atoms with Crippen molar-refractivity contribution >= 4 is 51.1 Å². The predicted octanol–water partition coefficient (Wildman–Crippen LogP) is 7.14. The van der Waals surface area contributed by atoms with E-state index in [1.807, 2.05) is 99.6 Å². The summed E-state index contributed by atoms with van der Waals surface area (Å²) in [5, 5.41) is 3.78. The topological polar surface area (TPSA) is 49.4 Å². The number of amides is 2. The first-order valence-corrected chi connectivity index (χ1v) is 14.0. The van der Waals surface area contributed by atoms with Gasteiger partial charge in [0.1, 0.15) is 6.04 Å². The fourth-order valence-electron chi connectivity index (χ4n) is 3.77. The fourth-order valence-corrected chi connectivity index (χ4v) is 5.18. The van der Waals surface area contributed by atoms with Gasteiger partial charge >= 0.3 is 0 Å². The van der Waals surface area contributed by atoms with E-state index in [9.17, 15) is 9.59 Å². The Labute approximate surface area is 231 Å². The Bertz CT molecular complexity index is 1150. The van der Waals surface area contributed by atoms with Crippen molar-refractivity contribution in [3.63, 3.8) is 0 Å². The number of thioether (sulfide) groups is 1. The second-order valence-electron chi connectivity index (χ2n) is 9.65. The van der Waals surface area contributed by atoms with E-state index in [0.717, 1.165) is 20.5 Å². The molecule has 36 heavy (non-hydrogen) atoms. The molecule has 0 aromatic heterocycles. The number of carbonyl (C=O) groups is 2. The molecule has 0 aliphatic heterocycles. The number of rotatable bonds is 10. The van der Waals surface area contributed by atoms with Crippen molar-refractivity contribution < 1.29 is 9.59 Å². The van der Waals surface area contributed by atoms with E-state index in [1.165, 1.54) is 0 Å². The molecule has 0 radical (unpaired) electrons. The zero-order valence-electron chi connectivity index (χ0n) is 20.8. The molecule has 190 valence electrons. The van der Waals surface area contributed by atoms with Gasteiger partial charge in [-0.3, -0.25) is 9.59 Å². The van der Waals surface area contributed by atoms with Gasteiger partial charge in [-0.1, -0.05) is 70.0 Å². The minimum atomic E-state index is -0.640. The first-order valence-electron chi connectivity index (χ1n) is 11.9. The molecule has 0 fully saturated rings. The van der Waals surface area contributed by atoms with E-state index >= 15 is 0 Å². The van der Waals surface area contributed by atoms with Gasteiger partial charge in [0, 0.05) is 45.1 Å². The zero-order valence-corrected chi connectivity index (χ0v) is 24.0. The van der Waals surface area contributed by atoms with Crippen LogP contribution in [0.1, 0.15) is 38.3 Å². The normalized spacial score (nSPS) is 12.1. The van der Waals surface area contributed by atoms with E-state index in [2.05, 4.69) is 21.2 Å². The van der Waals surface area contributed by atoms with Gasteiger partial charge in [-0.15, -0.1) is 11.8 Å². The van der Waals surface area contributed by atoms with E-state index in [0.29, 0.717) is 30.2 Å². The highest BCUT2D eigenvalue weighted by Gasteiger charge is 2.32. The average molecular weight is 588 g/mol. The third-order valence-corrected chi connectivity index (χ3v) is 7.17. The molecule has 3 aromatic carbocycles. The lowest BCUT2D eigenvalue weighted by Crippen LogP contribution is -2.54. The first-order chi connectivity index (χ1) is 17.1. The lowest BCUT2D eigenvalue weighted by Gasteiger charge is -2.34. The van der Waals surface area contributed by atoms with Crippen LogP contribution in [0.25, 0.3) is 0 Å². The molecule has 0 saturated heterocycles. The summed E-state index contributed by atoms with van der Waals surface area (Å²) in [7, 11) is 0. The summed E-state index contributed by atoms with van der Waals surface area (Å²) in [4.78, 5) is 30.0. The number of benzene rings is 3. The summed E-state index contributed by atoms with van der Waals surface area (Å²) in [6, 6.07) is 24.7. The van der Waals surface area contributed by atoms with Crippen molar-refractivity contribution in [2.24, 2.45) is 0 Å². The maximum atomic E-state index is 13.7. The number of halogens is 2. The number of hydrogen-bond acceptors (Lipinski definition) is 3. The van der Waals surface area contributed by atoms with Gasteiger partial charge in [-0.05, 0) is 68.3 Å². The van der Waals surface area contributed by atoms with Crippen molar-refractivity contribution in [2.45, 2.75) is 56.6 Å². The van der Waals surface area contributed by atoms with E-state index in [4.69, 9.17) is 11.6 Å². The minimum Gasteiger partial charge on any atom is -0.350 e. The molecule has 0 spiro atoms. The Balaban J connectivity index is 1.86. The summed E-state index contributed by atoms with van der Waals surface area (Å²) < 4.78 is 0.935. The number of carbonyl (C=O) groups excluding carboxylic acids is 2. The van der Waals surface area contributed by atoms with Crippen LogP contribution in [-0.4, -0.2) is 34.0 Å². The van der Waals surface area contributed by atoms with Crippen LogP contribution in [0, 0.1) is 0 Å². The monoisotopic (exact) mass is 586 g/mol. The van der Waals surface area contributed by atoms with Crippen LogP contribution in [0.5, 0.6) is 0 Å². The molecule has 0 aliphatic carbocycles. The second kappa shape index (κ2) is 13.3. The summed E-state index contributed by atoms with van der Waals surface area (Å²) in [6.45, 7) is 6.20. The Morgan fingerprint density at radius 1 is 0.972 bits per heavy atom. The van der Waals surface area contributed by atoms with E-state index < -0.39 is 11.6 Å². The lowest BCUT2D eigenvalue weighted by atomic mass is 10.0. The molecule has 0 saturated carbocycles. The molecule has 3 aromatic rings. The van der Waals surface area contributed by atoms with Crippen LogP contribution in [0.3, 0.4) is 0 Å². The quantitative estimate of drug-likeness (QED) is 0.257. The molecule has 7 heteroatoms. The van der Waals surface area contributed by atoms with Gasteiger partial charge in [0.05, 0.1) is 0 Å². The molecule has 0 heterocycles. The van der Waals surface area contributed by atoms with Gasteiger partial charge < -0.3 is 10.2 Å². The van der Waals surface area contributed by atoms with Crippen LogP contribution < -0.4 is 5.32 Å². The van der Waals surface area contributed by atoms with Gasteiger partial charge in [0.2, 0.25) is 11.8 Å². The first kappa shape index (κ1) is 28.3. The van der Waals surface area contributed by atoms with E-state index in [1.54, 1.807) is 16.7 Å². The van der Waals surface area contributed by atoms with Crippen LogP contribution in [0.15, 0.2) is 88.2 Å². The Morgan fingerprint density at radius 3 is 2.28 bits per heavy atom. The molecular weight excluding hydrogens is 556 g/mol. The number of nitrogens with zero attached hydrogens (tertiary/aromatic N) is 1. The molecule has 1 N–H and O–H groups in total. The highest BCUT2D eigenvalue weighted by molar-refractivity contribution is 9.10. The van der Waals surface area contributed by atoms with Gasteiger partial charge in [-0.2, -0.15) is 0 Å². The van der Waals surface area contributed by atoms with Crippen LogP contribution in [-0.2, 0) is 22.6 Å². The van der Waals surface area contributed by atoms with Gasteiger partial charge in [-0.25, -0.2) is 0 Å². The molecule has 4 nitrogen and oxygen atoms in total. The highest BCUT2D eigenvalue weighted by Crippen LogP contribution is 2.23. The average Bonchev–Trinajstić information content (AvgIpc) is 2.82. The molecule has 0 unspecified atom stereocenters. The SMILES string of the molecule is CC(C)(C)NC(=O)[C@@H](Cc1ccccc1)N(Cc1cccc(Br)c1)C(=O)CCSc1ccc(Cl)cc1. The van der Waals surface area contributed by atoms with Gasteiger partial charge in [0.15, 0.2) is 0 Å². The second-order valence-corrected chi connectivity index (χ2v) is 12.2. The molecule has 2 amide bonds. The summed E-state index contributed by atoms with van der Waals surface area (Å²) in [5.74, 6) is 0.399. The number of hydrogen-bond donors (Lipinski definition) is 1. The number of nitrogens with one attached hydrogen (secondary N) is 1. The molecular formula is C29H32BrClN2O2S. The van der Waals surface area contributed by atoms with E-state index in [-0.39, 0.29) is 11.8 Å². The Morgan fingerprint density at radius 2 is 1.64 bits per heavy atom. The highest BCUT2D eigenvalue weighted by atomic mass is 79.9. The van der Waals surface area contributed by atoms with Crippen molar-refractivity contribution in [3.05, 3.63) is 99.5 Å². The zero-order chi connectivity index (χ0) is 26.1. The maximum absolute atomic E-state index is 13.7. The third kappa shape index (κ3) is 9.30.